The molecule has 376 valence electrons. The molecule has 0 saturated carbocycles. The average Bonchev–Trinajstić information content (AvgIpc) is 3.60. The average molecular weight is 1040 g/mol. The molecule has 67 heavy (non-hydrogen) atoms. The lowest BCUT2D eigenvalue weighted by Gasteiger charge is -2.31. The van der Waals surface area contributed by atoms with Crippen LogP contribution in [0, 0.1) is 6.92 Å². The van der Waals surface area contributed by atoms with Crippen molar-refractivity contribution in [2.24, 2.45) is 5.73 Å². The maximum atomic E-state index is 12.2. The van der Waals surface area contributed by atoms with Gasteiger partial charge in [-0.1, -0.05) is 69.1 Å². The molecule has 0 aliphatic heterocycles. The van der Waals surface area contributed by atoms with Gasteiger partial charge < -0.3 is 45.2 Å². The highest BCUT2D eigenvalue weighted by atomic mass is 35.5. The Morgan fingerprint density at radius 3 is 2.10 bits per heavy atom. The smallest absolute Gasteiger partial charge is 0.442 e. The molecule has 3 atom stereocenters. The van der Waals surface area contributed by atoms with Gasteiger partial charge in [-0.25, -0.2) is 4.79 Å². The molecule has 2 aromatic heterocycles. The summed E-state index contributed by atoms with van der Waals surface area (Å²) in [6.45, 7) is 26.0. The van der Waals surface area contributed by atoms with E-state index in [0.29, 0.717) is 40.9 Å². The van der Waals surface area contributed by atoms with Gasteiger partial charge in [-0.05, 0) is 97.0 Å². The van der Waals surface area contributed by atoms with Gasteiger partial charge in [0.25, 0.3) is 0 Å². The number of rotatable bonds is 16. The number of alkyl halides is 1. The monoisotopic (exact) mass is 1040 g/mol. The predicted octanol–water partition coefficient (Wildman–Crippen LogP) is 9.24. The van der Waals surface area contributed by atoms with Crippen LogP contribution in [0.1, 0.15) is 99.6 Å². The summed E-state index contributed by atoms with van der Waals surface area (Å²) in [5.74, 6) is -0.120. The highest BCUT2D eigenvalue weighted by Gasteiger charge is 2.26. The molecule has 0 aliphatic carbocycles. The van der Waals surface area contributed by atoms with E-state index >= 15 is 0 Å². The first-order chi connectivity index (χ1) is 30.9. The molecular weight excluding hydrogens is 971 g/mol. The van der Waals surface area contributed by atoms with E-state index in [4.69, 9.17) is 76.0 Å². The van der Waals surface area contributed by atoms with E-state index in [9.17, 15) is 18.9 Å². The van der Waals surface area contributed by atoms with Gasteiger partial charge >= 0.3 is 11.7 Å². The highest BCUT2D eigenvalue weighted by Crippen LogP contribution is 2.36. The van der Waals surface area contributed by atoms with E-state index < -0.39 is 25.1 Å². The van der Waals surface area contributed by atoms with Crippen LogP contribution in [-0.2, 0) is 30.7 Å². The summed E-state index contributed by atoms with van der Waals surface area (Å²) >= 11 is 23.8. The van der Waals surface area contributed by atoms with Crippen LogP contribution in [0.25, 0.3) is 5.69 Å². The van der Waals surface area contributed by atoms with Crippen LogP contribution in [0.3, 0.4) is 0 Å². The Bertz CT molecular complexity index is 2310. The fourth-order valence-corrected chi connectivity index (χ4v) is 7.11. The van der Waals surface area contributed by atoms with Crippen LogP contribution in [0.4, 0.5) is 17.6 Å². The summed E-state index contributed by atoms with van der Waals surface area (Å²) in [5.41, 5.74) is 8.18. The van der Waals surface area contributed by atoms with E-state index in [1.54, 1.807) is 18.1 Å². The molecule has 4 aromatic rings. The van der Waals surface area contributed by atoms with Crippen molar-refractivity contribution in [3.63, 3.8) is 0 Å². The maximum absolute atomic E-state index is 12.2. The molecule has 0 aliphatic rings. The number of aryl methyl sites for hydroxylation is 2. The fraction of sp³-hybridized carbons (Fsp3) is 0.568. The number of nitrogens with zero attached hydrogens (tertiary/aromatic N) is 6. The number of ether oxygens (including phenoxy) is 2. The molecular formula is C44H68Cl4N9O9P. The molecule has 4 rings (SSSR count). The SMILES string of the molecule is CC(C)Oc1cc(-n2nc(C(C)(C)C)oc2=O)c(Cl)cc1Cl.CCNc1nc(Cl)nc(NC(C)(C)C)n1.CCc1cccc(C)c1N(C(=O)CCl)C(C)COC.CP(=O)(O)CCC(N)C(=O)O. The van der Waals surface area contributed by atoms with Crippen molar-refractivity contribution in [1.29, 1.82) is 0 Å². The minimum absolute atomic E-state index is 0.0223. The minimum atomic E-state index is -3.10. The van der Waals surface area contributed by atoms with E-state index in [1.165, 1.54) is 12.7 Å². The second kappa shape index (κ2) is 27.9. The molecule has 0 fully saturated rings. The normalized spacial score (nSPS) is 13.0. The quantitative estimate of drug-likeness (QED) is 0.0518. The number of methoxy groups -OCH3 is 1. The number of nitrogens with one attached hydrogen (secondary N) is 2. The number of benzene rings is 2. The Labute approximate surface area is 414 Å². The highest BCUT2D eigenvalue weighted by molar-refractivity contribution is 7.57. The van der Waals surface area contributed by atoms with Gasteiger partial charge in [0.15, 0.2) is 7.37 Å². The second-order valence-electron chi connectivity index (χ2n) is 17.5. The number of carboxylic acids is 1. The van der Waals surface area contributed by atoms with Crippen molar-refractivity contribution in [3.8, 4) is 11.4 Å². The zero-order valence-corrected chi connectivity index (χ0v) is 44.8. The van der Waals surface area contributed by atoms with Crippen LogP contribution in [0.15, 0.2) is 39.5 Å². The third kappa shape index (κ3) is 21.9. The van der Waals surface area contributed by atoms with Gasteiger partial charge in [0.05, 0.1) is 40.2 Å². The predicted molar refractivity (Wildman–Crippen MR) is 270 cm³/mol. The van der Waals surface area contributed by atoms with Crippen LogP contribution in [0.2, 0.25) is 15.3 Å². The molecule has 0 spiro atoms. The van der Waals surface area contributed by atoms with Gasteiger partial charge in [0.1, 0.15) is 17.7 Å². The Morgan fingerprint density at radius 2 is 1.63 bits per heavy atom. The number of aromatic nitrogens is 5. The molecule has 1 amide bonds. The van der Waals surface area contributed by atoms with E-state index in [2.05, 4.69) is 43.7 Å². The Balaban J connectivity index is 0.000000460. The number of amides is 1. The van der Waals surface area contributed by atoms with Gasteiger partial charge in [0.2, 0.25) is 29.0 Å². The number of para-hydroxylation sites is 1. The number of carboxylic acid groups (broad SMARTS) is 1. The summed E-state index contributed by atoms with van der Waals surface area (Å²) in [6.07, 6.45) is 0.814. The Morgan fingerprint density at radius 1 is 1.01 bits per heavy atom. The second-order valence-corrected chi connectivity index (χ2v) is 21.5. The Kier molecular flexibility index (Phi) is 25.4. The number of hydrogen-bond acceptors (Lipinski definition) is 14. The van der Waals surface area contributed by atoms with E-state index in [0.717, 1.165) is 34.5 Å². The lowest BCUT2D eigenvalue weighted by Crippen LogP contribution is -2.43. The molecule has 18 nitrogen and oxygen atoms in total. The molecule has 2 aromatic carbocycles. The molecule has 6 N–H and O–H groups in total. The summed E-state index contributed by atoms with van der Waals surface area (Å²) in [5, 5.41) is 19.5. The summed E-state index contributed by atoms with van der Waals surface area (Å²) in [6, 6.07) is 8.12. The van der Waals surface area contributed by atoms with Gasteiger partial charge in [0, 0.05) is 43.5 Å². The summed E-state index contributed by atoms with van der Waals surface area (Å²) in [4.78, 5) is 57.0. The Hall–Kier alpha value is -4.00. The number of halogens is 4. The van der Waals surface area contributed by atoms with E-state index in [1.807, 2.05) is 88.3 Å². The number of nitrogens with two attached hydrogens (primary N) is 1. The summed E-state index contributed by atoms with van der Waals surface area (Å²) < 4.78 is 27.8. The number of carbonyl (C=O) groups is 2. The largest absolute Gasteiger partial charge is 0.489 e. The number of anilines is 3. The molecule has 0 bridgehead atoms. The molecule has 0 saturated heterocycles. The zero-order chi connectivity index (χ0) is 51.6. The van der Waals surface area contributed by atoms with Crippen molar-refractivity contribution < 1.29 is 38.0 Å². The third-order valence-electron chi connectivity index (χ3n) is 8.56. The standard InChI is InChI=1S/C15H18Cl2N2O3.C15H22ClNO2.C9H16ClN5.C5H12NO4P/c1-8(2)21-12-7-11(9(16)6-10(12)17)19-14(20)22-13(18-19)15(3,4)5;1-5-13-8-6-7-11(2)15(13)17(14(18)9-16)12(3)10-19-4;1-5-11-7-12-6(10)13-8(14-7)15-9(2,3)4;1-11(9,10)3-2-4(6)5(7)8/h6-8H,1-5H3;6-8,12H,5,9-10H2,1-4H3;5H2,1-4H3,(H2,11,12,13,14,15);4H,2-3,6H2,1H3,(H,7,8)(H,9,10). The van der Waals surface area contributed by atoms with Crippen molar-refractivity contribution in [3.05, 3.63) is 73.2 Å². The van der Waals surface area contributed by atoms with Crippen molar-refractivity contribution in [1.82, 2.24) is 24.7 Å². The van der Waals surface area contributed by atoms with Crippen LogP contribution < -0.4 is 31.8 Å². The lowest BCUT2D eigenvalue weighted by atomic mass is 9.97. The number of hydrogen-bond donors (Lipinski definition) is 5. The van der Waals surface area contributed by atoms with Crippen molar-refractivity contribution in [2.45, 2.75) is 125 Å². The van der Waals surface area contributed by atoms with Crippen LogP contribution >= 0.6 is 53.8 Å². The van der Waals surface area contributed by atoms with Crippen LogP contribution in [-0.4, -0.2) is 109 Å². The van der Waals surface area contributed by atoms with Crippen molar-refractivity contribution >= 4 is 83.2 Å². The molecule has 23 heteroatoms. The number of aliphatic carboxylic acids is 1. The van der Waals surface area contributed by atoms with Crippen LogP contribution in [0.5, 0.6) is 5.75 Å². The minimum Gasteiger partial charge on any atom is -0.489 e. The zero-order valence-electron chi connectivity index (χ0n) is 40.8. The fourth-order valence-electron chi connectivity index (χ4n) is 5.56. The summed E-state index contributed by atoms with van der Waals surface area (Å²) in [7, 11) is -1.47. The first-order valence-corrected chi connectivity index (χ1v) is 25.3. The third-order valence-corrected chi connectivity index (χ3v) is 10.6. The molecule has 3 unspecified atom stereocenters. The maximum Gasteiger partial charge on any atom is 0.442 e. The first-order valence-electron chi connectivity index (χ1n) is 21.3. The topological polar surface area (TPSA) is 250 Å². The van der Waals surface area contributed by atoms with Gasteiger partial charge in [-0.15, -0.1) is 16.7 Å². The first kappa shape index (κ1) is 61.0. The molecule has 0 radical (unpaired) electrons. The van der Waals surface area contributed by atoms with E-state index in [-0.39, 0.29) is 57.8 Å². The lowest BCUT2D eigenvalue weighted by molar-refractivity contribution is -0.138. The van der Waals surface area contributed by atoms with Gasteiger partial charge in [-0.3, -0.25) is 14.2 Å². The number of carbonyl (C=O) groups excluding carboxylic acids is 1. The van der Waals surface area contributed by atoms with Crippen molar-refractivity contribution in [2.75, 3.05) is 54.5 Å². The molecule has 2 heterocycles. The van der Waals surface area contributed by atoms with Gasteiger partial charge in [-0.2, -0.15) is 19.6 Å².